The highest BCUT2D eigenvalue weighted by molar-refractivity contribution is 6.60. The Morgan fingerprint density at radius 2 is 1.41 bits per heavy atom. The third-order valence-electron chi connectivity index (χ3n) is 3.57. The van der Waals surface area contributed by atoms with Crippen LogP contribution in [-0.2, 0) is 22.8 Å². The van der Waals surface area contributed by atoms with Crippen molar-refractivity contribution >= 4 is 8.80 Å². The van der Waals surface area contributed by atoms with Gasteiger partial charge in [0.1, 0.15) is 6.10 Å². The average Bonchev–Trinajstić information content (AvgIpc) is 3.30. The van der Waals surface area contributed by atoms with E-state index in [4.69, 9.17) is 22.8 Å². The lowest BCUT2D eigenvalue weighted by Crippen LogP contribution is -2.45. The lowest BCUT2D eigenvalue weighted by molar-refractivity contribution is 0.0706. The molecule has 1 atom stereocenters. The van der Waals surface area contributed by atoms with Gasteiger partial charge in [-0.15, -0.1) is 0 Å². The quantitative estimate of drug-likeness (QED) is 0.246. The maximum Gasteiger partial charge on any atom is 0.500 e. The van der Waals surface area contributed by atoms with E-state index in [0.717, 1.165) is 38.7 Å². The molecule has 0 aliphatic carbocycles. The van der Waals surface area contributed by atoms with Crippen LogP contribution >= 0.6 is 0 Å². The van der Waals surface area contributed by atoms with Gasteiger partial charge in [0.25, 0.3) is 0 Å². The van der Waals surface area contributed by atoms with E-state index in [0.29, 0.717) is 25.9 Å². The van der Waals surface area contributed by atoms with E-state index >= 15 is 0 Å². The molecule has 0 aromatic heterocycles. The van der Waals surface area contributed by atoms with Crippen LogP contribution in [0, 0.1) is 0 Å². The molecule has 6 heteroatoms. The number of unbranched alkanes of at least 4 members (excludes halogenated alkanes) is 4. The van der Waals surface area contributed by atoms with E-state index in [-0.39, 0.29) is 0 Å². The fourth-order valence-corrected chi connectivity index (χ4v) is 5.14. The molecule has 0 bridgehead atoms. The van der Waals surface area contributed by atoms with Gasteiger partial charge in [-0.2, -0.15) is 0 Å². The summed E-state index contributed by atoms with van der Waals surface area (Å²) in [5.74, 6) is 0. The summed E-state index contributed by atoms with van der Waals surface area (Å²) < 4.78 is 28.2. The van der Waals surface area contributed by atoms with Crippen molar-refractivity contribution in [3.8, 4) is 0 Å². The van der Waals surface area contributed by atoms with Gasteiger partial charge in [0, 0.05) is 32.5 Å². The van der Waals surface area contributed by atoms with Crippen molar-refractivity contribution in [2.75, 3.05) is 39.6 Å². The van der Waals surface area contributed by atoms with Crippen molar-refractivity contribution in [2.45, 2.75) is 65.0 Å². The van der Waals surface area contributed by atoms with Gasteiger partial charge < -0.3 is 22.8 Å². The zero-order valence-electron chi connectivity index (χ0n) is 14.6. The molecule has 1 fully saturated rings. The van der Waals surface area contributed by atoms with Crippen LogP contribution in [0.1, 0.15) is 52.9 Å². The second-order valence-electron chi connectivity index (χ2n) is 5.53. The van der Waals surface area contributed by atoms with Gasteiger partial charge in [-0.05, 0) is 33.6 Å². The second kappa shape index (κ2) is 12.4. The summed E-state index contributed by atoms with van der Waals surface area (Å²) in [6, 6.07) is 0.929. The molecule has 1 saturated heterocycles. The molecular formula is C16H34O5Si. The molecule has 1 aliphatic rings. The molecular weight excluding hydrogens is 300 g/mol. The predicted octanol–water partition coefficient (Wildman–Crippen LogP) is 3.40. The summed E-state index contributed by atoms with van der Waals surface area (Å²) in [5, 5.41) is 0. The van der Waals surface area contributed by atoms with Crippen molar-refractivity contribution in [1.29, 1.82) is 0 Å². The minimum atomic E-state index is -2.42. The van der Waals surface area contributed by atoms with Gasteiger partial charge in [-0.1, -0.05) is 19.3 Å². The number of hydrogen-bond acceptors (Lipinski definition) is 5. The van der Waals surface area contributed by atoms with E-state index < -0.39 is 8.80 Å². The third kappa shape index (κ3) is 9.22. The monoisotopic (exact) mass is 334 g/mol. The largest absolute Gasteiger partial charge is 0.500 e. The van der Waals surface area contributed by atoms with Crippen molar-refractivity contribution in [3.05, 3.63) is 0 Å². The van der Waals surface area contributed by atoms with Crippen molar-refractivity contribution in [3.63, 3.8) is 0 Å². The molecule has 1 unspecified atom stereocenters. The molecule has 0 amide bonds. The Bertz CT molecular complexity index is 244. The first kappa shape index (κ1) is 20.1. The Morgan fingerprint density at radius 1 is 0.864 bits per heavy atom. The summed E-state index contributed by atoms with van der Waals surface area (Å²) in [4.78, 5) is 0. The molecule has 0 N–H and O–H groups in total. The van der Waals surface area contributed by atoms with Crippen LogP contribution in [0.25, 0.3) is 0 Å². The smallest absolute Gasteiger partial charge is 0.379 e. The van der Waals surface area contributed by atoms with Crippen LogP contribution < -0.4 is 0 Å². The lowest BCUT2D eigenvalue weighted by atomic mass is 10.2. The molecule has 22 heavy (non-hydrogen) atoms. The van der Waals surface area contributed by atoms with E-state index in [1.54, 1.807) is 0 Å². The Morgan fingerprint density at radius 3 is 1.95 bits per heavy atom. The molecule has 0 spiro atoms. The second-order valence-corrected chi connectivity index (χ2v) is 8.26. The molecule has 1 heterocycles. The molecule has 0 aromatic rings. The van der Waals surface area contributed by atoms with Gasteiger partial charge >= 0.3 is 8.80 Å². The zero-order chi connectivity index (χ0) is 16.1. The molecule has 5 nitrogen and oxygen atoms in total. The Labute approximate surface area is 137 Å². The number of rotatable bonds is 16. The normalized spacial score (nSPS) is 17.9. The van der Waals surface area contributed by atoms with Gasteiger partial charge in [-0.3, -0.25) is 0 Å². The summed E-state index contributed by atoms with van der Waals surface area (Å²) in [7, 11) is -2.42. The Kier molecular flexibility index (Phi) is 11.3. The molecule has 0 saturated carbocycles. The Hall–Kier alpha value is 0.0169. The minimum absolute atomic E-state index is 0.383. The first-order chi connectivity index (χ1) is 10.8. The van der Waals surface area contributed by atoms with Crippen LogP contribution in [-0.4, -0.2) is 54.5 Å². The maximum absolute atomic E-state index is 5.86. The van der Waals surface area contributed by atoms with Crippen LogP contribution in [0.3, 0.4) is 0 Å². The molecule has 1 rings (SSSR count). The van der Waals surface area contributed by atoms with Crippen LogP contribution in [0.4, 0.5) is 0 Å². The Balaban J connectivity index is 2.02. The summed E-state index contributed by atoms with van der Waals surface area (Å²) >= 11 is 0. The summed E-state index contributed by atoms with van der Waals surface area (Å²) in [5.41, 5.74) is 0. The zero-order valence-corrected chi connectivity index (χ0v) is 15.6. The predicted molar refractivity (Wildman–Crippen MR) is 89.1 cm³/mol. The highest BCUT2D eigenvalue weighted by Crippen LogP contribution is 2.20. The highest BCUT2D eigenvalue weighted by Gasteiger charge is 2.39. The van der Waals surface area contributed by atoms with Gasteiger partial charge in [0.15, 0.2) is 0 Å². The van der Waals surface area contributed by atoms with E-state index in [2.05, 4.69) is 0 Å². The van der Waals surface area contributed by atoms with Crippen LogP contribution in [0.2, 0.25) is 6.04 Å². The number of epoxide rings is 1. The third-order valence-corrected chi connectivity index (χ3v) is 6.72. The van der Waals surface area contributed by atoms with Gasteiger partial charge in [0.2, 0.25) is 0 Å². The summed E-state index contributed by atoms with van der Waals surface area (Å²) in [6.45, 7) is 10.5. The molecule has 0 aromatic carbocycles. The standard InChI is InChI=1S/C16H34O5Si/c1-4-19-22(20-5-2,21-6-3)13-11-9-7-8-10-12-17-14-16-15-18-16/h16H,4-15H2,1-3H3. The first-order valence-electron chi connectivity index (χ1n) is 8.87. The van der Waals surface area contributed by atoms with E-state index in [9.17, 15) is 0 Å². The van der Waals surface area contributed by atoms with E-state index in [1.807, 2.05) is 20.8 Å². The lowest BCUT2D eigenvalue weighted by Gasteiger charge is -2.28. The first-order valence-corrected chi connectivity index (χ1v) is 10.8. The fraction of sp³-hybridized carbons (Fsp3) is 1.00. The van der Waals surface area contributed by atoms with Crippen molar-refractivity contribution in [1.82, 2.24) is 0 Å². The fourth-order valence-electron chi connectivity index (χ4n) is 2.46. The number of ether oxygens (including phenoxy) is 2. The average molecular weight is 335 g/mol. The van der Waals surface area contributed by atoms with E-state index in [1.165, 1.54) is 19.3 Å². The SMILES string of the molecule is CCO[Si](CCCCCCCOCC1CO1)(OCC)OCC. The van der Waals surface area contributed by atoms with Crippen molar-refractivity contribution < 1.29 is 22.8 Å². The summed E-state index contributed by atoms with van der Waals surface area (Å²) in [6.07, 6.45) is 6.29. The topological polar surface area (TPSA) is 49.5 Å². The maximum atomic E-state index is 5.86. The molecule has 132 valence electrons. The number of hydrogen-bond donors (Lipinski definition) is 0. The minimum Gasteiger partial charge on any atom is -0.379 e. The van der Waals surface area contributed by atoms with Gasteiger partial charge in [0.05, 0.1) is 13.2 Å². The van der Waals surface area contributed by atoms with Crippen LogP contribution in [0.5, 0.6) is 0 Å². The molecule has 1 aliphatic heterocycles. The van der Waals surface area contributed by atoms with Crippen LogP contribution in [0.15, 0.2) is 0 Å². The van der Waals surface area contributed by atoms with Crippen molar-refractivity contribution in [2.24, 2.45) is 0 Å². The van der Waals surface area contributed by atoms with Gasteiger partial charge in [-0.25, -0.2) is 0 Å². The molecule has 0 radical (unpaired) electrons. The highest BCUT2D eigenvalue weighted by atomic mass is 28.4.